The summed E-state index contributed by atoms with van der Waals surface area (Å²) in [6.45, 7) is 0. The van der Waals surface area contributed by atoms with Crippen LogP contribution in [-0.2, 0) is 4.79 Å². The summed E-state index contributed by atoms with van der Waals surface area (Å²) in [5, 5.41) is 21.4. The number of hydrogen-bond donors (Lipinski definition) is 1. The number of ether oxygens (including phenoxy) is 1. The fourth-order valence-electron chi connectivity index (χ4n) is 3.11. The molecule has 0 radical (unpaired) electrons. The topological polar surface area (TPSA) is 92.8 Å². The first kappa shape index (κ1) is 22.4. The molecule has 0 saturated heterocycles. The number of para-hydroxylation sites is 1. The van der Waals surface area contributed by atoms with Crippen LogP contribution < -0.4 is 10.1 Å². The first-order chi connectivity index (χ1) is 16.1. The minimum absolute atomic E-state index is 0.116. The quantitative estimate of drug-likeness (QED) is 0.369. The van der Waals surface area contributed by atoms with Gasteiger partial charge in [0.15, 0.2) is 11.0 Å². The van der Waals surface area contributed by atoms with Crippen LogP contribution in [0.3, 0.4) is 0 Å². The van der Waals surface area contributed by atoms with Gasteiger partial charge < -0.3 is 10.1 Å². The van der Waals surface area contributed by atoms with Crippen LogP contribution in [0, 0.1) is 11.3 Å². The van der Waals surface area contributed by atoms with Crippen LogP contribution in [-0.4, -0.2) is 33.5 Å². The number of carbonyl (C=O) groups excluding carboxylic acids is 1. The largest absolute Gasteiger partial charge is 0.497 e. The number of rotatable bonds is 7. The third-order valence-electron chi connectivity index (χ3n) is 4.70. The Balaban J connectivity index is 1.56. The number of hydrogen-bond acceptors (Lipinski definition) is 6. The highest BCUT2D eigenvalue weighted by Gasteiger charge is 2.17. The van der Waals surface area contributed by atoms with E-state index in [-0.39, 0.29) is 16.7 Å². The van der Waals surface area contributed by atoms with E-state index in [0.717, 1.165) is 17.0 Å². The van der Waals surface area contributed by atoms with Gasteiger partial charge in [-0.15, -0.1) is 10.2 Å². The lowest BCUT2D eigenvalue weighted by atomic mass is 10.2. The molecule has 1 aromatic heterocycles. The molecule has 0 unspecified atom stereocenters. The molecule has 1 amide bonds. The Morgan fingerprint density at radius 3 is 2.55 bits per heavy atom. The molecular weight excluding hydrogens is 458 g/mol. The predicted molar refractivity (Wildman–Crippen MR) is 129 cm³/mol. The first-order valence-electron chi connectivity index (χ1n) is 9.86. The third kappa shape index (κ3) is 5.17. The third-order valence-corrected chi connectivity index (χ3v) is 5.94. The molecule has 4 rings (SSSR count). The number of methoxy groups -OCH3 is 1. The zero-order chi connectivity index (χ0) is 23.2. The van der Waals surface area contributed by atoms with Crippen LogP contribution in [0.2, 0.25) is 5.02 Å². The van der Waals surface area contributed by atoms with E-state index < -0.39 is 0 Å². The zero-order valence-corrected chi connectivity index (χ0v) is 19.1. The SMILES string of the molecule is COc1ccc(-c2nnc(SCC(=O)Nc3ccc(C#N)c(Cl)c3)n2-c2ccccc2)cc1. The maximum absolute atomic E-state index is 12.5. The molecular formula is C24H18ClN5O2S. The van der Waals surface area contributed by atoms with E-state index in [0.29, 0.717) is 22.2 Å². The van der Waals surface area contributed by atoms with Crippen LogP contribution in [0.4, 0.5) is 5.69 Å². The van der Waals surface area contributed by atoms with Crippen molar-refractivity contribution in [3.63, 3.8) is 0 Å². The lowest BCUT2D eigenvalue weighted by molar-refractivity contribution is -0.113. The molecule has 0 aliphatic rings. The molecule has 0 bridgehead atoms. The summed E-state index contributed by atoms with van der Waals surface area (Å²) in [7, 11) is 1.62. The molecule has 0 saturated carbocycles. The lowest BCUT2D eigenvalue weighted by Gasteiger charge is -2.11. The van der Waals surface area contributed by atoms with Crippen molar-refractivity contribution >= 4 is 35.0 Å². The van der Waals surface area contributed by atoms with Gasteiger partial charge in [0, 0.05) is 16.9 Å². The second-order valence-corrected chi connectivity index (χ2v) is 8.20. The van der Waals surface area contributed by atoms with Crippen molar-refractivity contribution < 1.29 is 9.53 Å². The van der Waals surface area contributed by atoms with Crippen molar-refractivity contribution in [3.8, 4) is 28.9 Å². The highest BCUT2D eigenvalue weighted by molar-refractivity contribution is 7.99. The summed E-state index contributed by atoms with van der Waals surface area (Å²) < 4.78 is 7.16. The standard InChI is InChI=1S/C24H18ClN5O2S/c1-32-20-11-8-16(9-12-20)23-28-29-24(30(23)19-5-3-2-4-6-19)33-15-22(31)27-18-10-7-17(14-26)21(25)13-18/h2-13H,15H2,1H3,(H,27,31). The Morgan fingerprint density at radius 1 is 1.12 bits per heavy atom. The van der Waals surface area contributed by atoms with E-state index in [4.69, 9.17) is 21.6 Å². The van der Waals surface area contributed by atoms with E-state index in [1.54, 1.807) is 25.3 Å². The molecule has 1 N–H and O–H groups in total. The summed E-state index contributed by atoms with van der Waals surface area (Å²) in [5.74, 6) is 1.30. The number of halogens is 1. The van der Waals surface area contributed by atoms with Gasteiger partial charge in [-0.1, -0.05) is 41.6 Å². The first-order valence-corrected chi connectivity index (χ1v) is 11.2. The number of nitriles is 1. The average Bonchev–Trinajstić information content (AvgIpc) is 3.27. The molecule has 0 spiro atoms. The molecule has 1 heterocycles. The average molecular weight is 476 g/mol. The van der Waals surface area contributed by atoms with E-state index in [1.807, 2.05) is 65.2 Å². The molecule has 33 heavy (non-hydrogen) atoms. The van der Waals surface area contributed by atoms with E-state index in [2.05, 4.69) is 15.5 Å². The van der Waals surface area contributed by atoms with Crippen LogP contribution in [0.25, 0.3) is 17.1 Å². The summed E-state index contributed by atoms with van der Waals surface area (Å²) in [6, 6.07) is 24.0. The van der Waals surface area contributed by atoms with Crippen molar-refractivity contribution in [2.75, 3.05) is 18.2 Å². The highest BCUT2D eigenvalue weighted by Crippen LogP contribution is 2.29. The summed E-state index contributed by atoms with van der Waals surface area (Å²) in [5.41, 5.74) is 2.63. The monoisotopic (exact) mass is 475 g/mol. The molecule has 0 atom stereocenters. The van der Waals surface area contributed by atoms with Gasteiger partial charge in [-0.05, 0) is 54.6 Å². The number of amides is 1. The Bertz CT molecular complexity index is 1320. The number of aromatic nitrogens is 3. The van der Waals surface area contributed by atoms with Crippen molar-refractivity contribution in [1.82, 2.24) is 14.8 Å². The van der Waals surface area contributed by atoms with Gasteiger partial charge in [-0.3, -0.25) is 9.36 Å². The van der Waals surface area contributed by atoms with E-state index in [1.165, 1.54) is 11.8 Å². The van der Waals surface area contributed by atoms with Gasteiger partial charge in [0.05, 0.1) is 23.4 Å². The predicted octanol–water partition coefficient (Wildman–Crippen LogP) is 5.20. The second-order valence-electron chi connectivity index (χ2n) is 6.85. The fourth-order valence-corrected chi connectivity index (χ4v) is 4.09. The van der Waals surface area contributed by atoms with Gasteiger partial charge in [-0.2, -0.15) is 5.26 Å². The Morgan fingerprint density at radius 2 is 1.88 bits per heavy atom. The Hall–Kier alpha value is -3.80. The summed E-state index contributed by atoms with van der Waals surface area (Å²) in [4.78, 5) is 12.5. The molecule has 0 fully saturated rings. The molecule has 0 aliphatic carbocycles. The van der Waals surface area contributed by atoms with E-state index in [9.17, 15) is 4.79 Å². The molecule has 4 aromatic rings. The van der Waals surface area contributed by atoms with Crippen molar-refractivity contribution in [2.24, 2.45) is 0 Å². The van der Waals surface area contributed by atoms with Crippen LogP contribution in [0.1, 0.15) is 5.56 Å². The number of benzene rings is 3. The number of anilines is 1. The second kappa shape index (κ2) is 10.2. The lowest BCUT2D eigenvalue weighted by Crippen LogP contribution is -2.14. The Labute approximate surface area is 200 Å². The maximum atomic E-state index is 12.5. The van der Waals surface area contributed by atoms with E-state index >= 15 is 0 Å². The molecule has 9 heteroatoms. The van der Waals surface area contributed by atoms with Crippen LogP contribution in [0.15, 0.2) is 78.0 Å². The van der Waals surface area contributed by atoms with Crippen molar-refractivity contribution in [2.45, 2.75) is 5.16 Å². The van der Waals surface area contributed by atoms with Gasteiger partial charge in [-0.25, -0.2) is 0 Å². The number of carbonyl (C=O) groups is 1. The maximum Gasteiger partial charge on any atom is 0.234 e. The smallest absolute Gasteiger partial charge is 0.234 e. The minimum atomic E-state index is -0.227. The molecule has 0 aliphatic heterocycles. The fraction of sp³-hybridized carbons (Fsp3) is 0.0833. The Kier molecular flexibility index (Phi) is 6.93. The van der Waals surface area contributed by atoms with Gasteiger partial charge in [0.1, 0.15) is 11.8 Å². The molecule has 7 nitrogen and oxygen atoms in total. The van der Waals surface area contributed by atoms with Gasteiger partial charge >= 0.3 is 0 Å². The van der Waals surface area contributed by atoms with Crippen LogP contribution in [0.5, 0.6) is 5.75 Å². The normalized spacial score (nSPS) is 10.5. The number of nitrogens with one attached hydrogen (secondary N) is 1. The number of thioether (sulfide) groups is 1. The van der Waals surface area contributed by atoms with Crippen molar-refractivity contribution in [3.05, 3.63) is 83.4 Å². The summed E-state index contributed by atoms with van der Waals surface area (Å²) >= 11 is 7.32. The number of nitrogens with zero attached hydrogens (tertiary/aromatic N) is 4. The summed E-state index contributed by atoms with van der Waals surface area (Å²) in [6.07, 6.45) is 0. The van der Waals surface area contributed by atoms with Gasteiger partial charge in [0.2, 0.25) is 5.91 Å². The zero-order valence-electron chi connectivity index (χ0n) is 17.5. The minimum Gasteiger partial charge on any atom is -0.497 e. The molecule has 3 aromatic carbocycles. The highest BCUT2D eigenvalue weighted by atomic mass is 35.5. The van der Waals surface area contributed by atoms with Crippen molar-refractivity contribution in [1.29, 1.82) is 5.26 Å². The van der Waals surface area contributed by atoms with Gasteiger partial charge in [0.25, 0.3) is 0 Å². The molecule has 164 valence electrons. The van der Waals surface area contributed by atoms with Crippen LogP contribution >= 0.6 is 23.4 Å².